The Labute approximate surface area is 148 Å². The van der Waals surface area contributed by atoms with Crippen molar-refractivity contribution in [2.45, 2.75) is 6.54 Å². The first-order valence-corrected chi connectivity index (χ1v) is 8.73. The minimum absolute atomic E-state index is 0.676. The molecule has 0 fully saturated rings. The zero-order valence-corrected chi connectivity index (χ0v) is 15.7. The number of nitrogens with zero attached hydrogens (tertiary/aromatic N) is 1. The van der Waals surface area contributed by atoms with Crippen LogP contribution in [0.1, 0.15) is 5.69 Å². The zero-order chi connectivity index (χ0) is 14.8. The highest BCUT2D eigenvalue weighted by molar-refractivity contribution is 9.11. The molecule has 0 atom stereocenters. The number of halogens is 3. The fraction of sp³-hybridized carbons (Fsp3) is 0.0625. The van der Waals surface area contributed by atoms with Crippen molar-refractivity contribution in [3.63, 3.8) is 0 Å². The van der Waals surface area contributed by atoms with Crippen LogP contribution < -0.4 is 5.32 Å². The van der Waals surface area contributed by atoms with E-state index in [0.29, 0.717) is 6.54 Å². The van der Waals surface area contributed by atoms with Gasteiger partial charge in [-0.25, -0.2) is 0 Å². The third-order valence-electron chi connectivity index (χ3n) is 3.15. The molecule has 0 amide bonds. The molecule has 0 aliphatic carbocycles. The molecule has 5 heteroatoms. The first-order chi connectivity index (χ1) is 10.1. The molecule has 0 aliphatic rings. The normalized spacial score (nSPS) is 10.8. The summed E-state index contributed by atoms with van der Waals surface area (Å²) in [5, 5.41) is 5.84. The highest BCUT2D eigenvalue weighted by atomic mass is 79.9. The van der Waals surface area contributed by atoms with Crippen molar-refractivity contribution in [3.05, 3.63) is 67.8 Å². The standard InChI is InChI=1S/C16H11Br3N2/c17-12-3-1-11-6-14(4-2-10(11)5-12)20-9-16-15(19)7-13(18)8-21-16/h1-8,20H,9H2. The van der Waals surface area contributed by atoms with E-state index in [-0.39, 0.29) is 0 Å². The van der Waals surface area contributed by atoms with Crippen LogP contribution >= 0.6 is 47.8 Å². The number of nitrogens with one attached hydrogen (secondary N) is 1. The van der Waals surface area contributed by atoms with Crippen LogP contribution in [0.5, 0.6) is 0 Å². The van der Waals surface area contributed by atoms with Crippen molar-refractivity contribution in [3.8, 4) is 0 Å². The Balaban J connectivity index is 1.80. The van der Waals surface area contributed by atoms with E-state index in [4.69, 9.17) is 0 Å². The lowest BCUT2D eigenvalue weighted by molar-refractivity contribution is 1.03. The Kier molecular flexibility index (Phi) is 4.62. The lowest BCUT2D eigenvalue weighted by atomic mass is 10.1. The van der Waals surface area contributed by atoms with Gasteiger partial charge in [0.15, 0.2) is 0 Å². The molecule has 0 unspecified atom stereocenters. The van der Waals surface area contributed by atoms with E-state index in [0.717, 1.165) is 24.8 Å². The van der Waals surface area contributed by atoms with Crippen molar-refractivity contribution in [2.24, 2.45) is 0 Å². The molecule has 3 rings (SSSR count). The van der Waals surface area contributed by atoms with Gasteiger partial charge in [0.2, 0.25) is 0 Å². The Morgan fingerprint density at radius 3 is 2.43 bits per heavy atom. The molecule has 1 heterocycles. The predicted molar refractivity (Wildman–Crippen MR) is 98.6 cm³/mol. The summed E-state index contributed by atoms with van der Waals surface area (Å²) in [4.78, 5) is 4.40. The maximum atomic E-state index is 4.40. The molecule has 1 aromatic heterocycles. The fourth-order valence-electron chi connectivity index (χ4n) is 2.09. The number of fused-ring (bicyclic) bond motifs is 1. The highest BCUT2D eigenvalue weighted by Crippen LogP contribution is 2.24. The molecule has 3 aromatic rings. The number of hydrogen-bond acceptors (Lipinski definition) is 2. The molecule has 0 radical (unpaired) electrons. The molecule has 0 aliphatic heterocycles. The summed E-state index contributed by atoms with van der Waals surface area (Å²) in [7, 11) is 0. The third kappa shape index (κ3) is 3.65. The number of pyridine rings is 1. The zero-order valence-electron chi connectivity index (χ0n) is 10.9. The Hall–Kier alpha value is -0.910. The summed E-state index contributed by atoms with van der Waals surface area (Å²) in [6, 6.07) is 14.6. The predicted octanol–water partition coefficient (Wildman–Crippen LogP) is 6.13. The van der Waals surface area contributed by atoms with Crippen molar-refractivity contribution >= 4 is 64.2 Å². The first-order valence-electron chi connectivity index (χ1n) is 6.35. The van der Waals surface area contributed by atoms with Gasteiger partial charge in [-0.15, -0.1) is 0 Å². The lowest BCUT2D eigenvalue weighted by Crippen LogP contribution is -2.02. The van der Waals surface area contributed by atoms with Gasteiger partial charge >= 0.3 is 0 Å². The average molecular weight is 471 g/mol. The molecule has 106 valence electrons. The number of benzene rings is 2. The highest BCUT2D eigenvalue weighted by Gasteiger charge is 2.03. The summed E-state index contributed by atoms with van der Waals surface area (Å²) in [6.45, 7) is 0.676. The van der Waals surface area contributed by atoms with Crippen molar-refractivity contribution in [1.82, 2.24) is 4.98 Å². The lowest BCUT2D eigenvalue weighted by Gasteiger charge is -2.09. The third-order valence-corrected chi connectivity index (χ3v) is 4.76. The molecular weight excluding hydrogens is 460 g/mol. The monoisotopic (exact) mass is 468 g/mol. The van der Waals surface area contributed by atoms with Gasteiger partial charge in [-0.05, 0) is 73.0 Å². The molecule has 0 bridgehead atoms. The largest absolute Gasteiger partial charge is 0.379 e. The van der Waals surface area contributed by atoms with Gasteiger partial charge in [-0.1, -0.05) is 28.1 Å². The maximum Gasteiger partial charge on any atom is 0.0737 e. The van der Waals surface area contributed by atoms with E-state index in [9.17, 15) is 0 Å². The van der Waals surface area contributed by atoms with Gasteiger partial charge in [-0.3, -0.25) is 4.98 Å². The second kappa shape index (κ2) is 6.46. The number of rotatable bonds is 3. The smallest absolute Gasteiger partial charge is 0.0737 e. The van der Waals surface area contributed by atoms with Crippen LogP contribution in [0.4, 0.5) is 5.69 Å². The molecule has 2 aromatic carbocycles. The van der Waals surface area contributed by atoms with Crippen LogP contribution in [-0.4, -0.2) is 4.98 Å². The number of aromatic nitrogens is 1. The Morgan fingerprint density at radius 2 is 1.62 bits per heavy atom. The average Bonchev–Trinajstić information content (AvgIpc) is 2.46. The van der Waals surface area contributed by atoms with Gasteiger partial charge in [0.25, 0.3) is 0 Å². The SMILES string of the molecule is Brc1cnc(CNc2ccc3cc(Br)ccc3c2)c(Br)c1. The Bertz CT molecular complexity index is 803. The fourth-order valence-corrected chi connectivity index (χ4v) is 3.59. The summed E-state index contributed by atoms with van der Waals surface area (Å²) in [5.74, 6) is 0. The quantitative estimate of drug-likeness (QED) is 0.497. The minimum atomic E-state index is 0.676. The van der Waals surface area contributed by atoms with Gasteiger partial charge in [-0.2, -0.15) is 0 Å². The van der Waals surface area contributed by atoms with E-state index in [2.05, 4.69) is 94.5 Å². The molecule has 2 nitrogen and oxygen atoms in total. The second-order valence-corrected chi connectivity index (χ2v) is 7.33. The molecular formula is C16H11Br3N2. The van der Waals surface area contributed by atoms with E-state index < -0.39 is 0 Å². The summed E-state index contributed by atoms with van der Waals surface area (Å²) in [5.41, 5.74) is 2.07. The van der Waals surface area contributed by atoms with Gasteiger partial charge < -0.3 is 5.32 Å². The van der Waals surface area contributed by atoms with Crippen molar-refractivity contribution < 1.29 is 0 Å². The molecule has 1 N–H and O–H groups in total. The second-order valence-electron chi connectivity index (χ2n) is 4.64. The van der Waals surface area contributed by atoms with Gasteiger partial charge in [0.05, 0.1) is 12.2 Å². The summed E-state index contributed by atoms with van der Waals surface area (Å²) >= 11 is 10.4. The molecule has 21 heavy (non-hydrogen) atoms. The maximum absolute atomic E-state index is 4.40. The van der Waals surface area contributed by atoms with Gasteiger partial charge in [0.1, 0.15) is 0 Å². The van der Waals surface area contributed by atoms with Crippen LogP contribution in [-0.2, 0) is 6.54 Å². The van der Waals surface area contributed by atoms with Crippen molar-refractivity contribution in [2.75, 3.05) is 5.32 Å². The summed E-state index contributed by atoms with van der Waals surface area (Å²) in [6.07, 6.45) is 1.81. The molecule has 0 saturated heterocycles. The van der Waals surface area contributed by atoms with E-state index in [1.807, 2.05) is 6.07 Å². The molecule has 0 saturated carbocycles. The van der Waals surface area contributed by atoms with Crippen LogP contribution in [0.15, 0.2) is 62.1 Å². The molecule has 0 spiro atoms. The number of hydrogen-bond donors (Lipinski definition) is 1. The van der Waals surface area contributed by atoms with Crippen molar-refractivity contribution in [1.29, 1.82) is 0 Å². The van der Waals surface area contributed by atoms with Crippen LogP contribution in [0.3, 0.4) is 0 Å². The van der Waals surface area contributed by atoms with Gasteiger partial charge in [0, 0.05) is 25.3 Å². The van der Waals surface area contributed by atoms with E-state index >= 15 is 0 Å². The number of anilines is 1. The first kappa shape index (κ1) is 15.0. The summed E-state index contributed by atoms with van der Waals surface area (Å²) < 4.78 is 3.06. The topological polar surface area (TPSA) is 24.9 Å². The van der Waals surface area contributed by atoms with Crippen LogP contribution in [0.25, 0.3) is 10.8 Å². The minimum Gasteiger partial charge on any atom is -0.379 e. The van der Waals surface area contributed by atoms with E-state index in [1.165, 1.54) is 10.8 Å². The van der Waals surface area contributed by atoms with E-state index in [1.54, 1.807) is 6.20 Å². The van der Waals surface area contributed by atoms with Crippen LogP contribution in [0, 0.1) is 0 Å². The Morgan fingerprint density at radius 1 is 0.857 bits per heavy atom. The van der Waals surface area contributed by atoms with Crippen LogP contribution in [0.2, 0.25) is 0 Å².